The normalized spacial score (nSPS) is 20.1. The van der Waals surface area contributed by atoms with Crippen LogP contribution in [0.2, 0.25) is 0 Å². The van der Waals surface area contributed by atoms with Crippen molar-refractivity contribution in [3.8, 4) is 6.01 Å². The maximum atomic E-state index is 5.70. The zero-order valence-corrected chi connectivity index (χ0v) is 10.5. The maximum Gasteiger partial charge on any atom is 0.294 e. The number of nitrogens with one attached hydrogen (secondary N) is 2. The van der Waals surface area contributed by atoms with Crippen molar-refractivity contribution >= 4 is 11.0 Å². The Labute approximate surface area is 107 Å². The summed E-state index contributed by atoms with van der Waals surface area (Å²) in [6.07, 6.45) is 3.70. The third kappa shape index (κ3) is 2.64. The molecule has 18 heavy (non-hydrogen) atoms. The molecule has 1 unspecified atom stereocenters. The van der Waals surface area contributed by atoms with Crippen LogP contribution in [0, 0.1) is 5.92 Å². The molecule has 2 heterocycles. The molecule has 3 rings (SSSR count). The molecule has 1 saturated heterocycles. The summed E-state index contributed by atoms with van der Waals surface area (Å²) in [5.41, 5.74) is 2.00. The van der Waals surface area contributed by atoms with Crippen LogP contribution in [0.3, 0.4) is 0 Å². The summed E-state index contributed by atoms with van der Waals surface area (Å²) in [5, 5.41) is 3.43. The standard InChI is InChI=1S/C14H19N3O/c1-2-6-13-12(5-1)16-14(17-13)18-9-7-11-4-3-8-15-10-11/h1-2,5-6,11,15H,3-4,7-10H2,(H,16,17). The van der Waals surface area contributed by atoms with E-state index in [1.807, 2.05) is 24.3 Å². The Hall–Kier alpha value is -1.55. The minimum atomic E-state index is 0.639. The van der Waals surface area contributed by atoms with Crippen molar-refractivity contribution in [3.05, 3.63) is 24.3 Å². The first-order valence-corrected chi connectivity index (χ1v) is 6.70. The summed E-state index contributed by atoms with van der Waals surface area (Å²) in [6, 6.07) is 8.63. The van der Waals surface area contributed by atoms with Crippen LogP contribution >= 0.6 is 0 Å². The van der Waals surface area contributed by atoms with Crippen molar-refractivity contribution < 1.29 is 4.74 Å². The molecule has 2 N–H and O–H groups in total. The first kappa shape index (κ1) is 11.5. The smallest absolute Gasteiger partial charge is 0.294 e. The fourth-order valence-electron chi connectivity index (χ4n) is 2.49. The number of fused-ring (bicyclic) bond motifs is 1. The predicted molar refractivity (Wildman–Crippen MR) is 71.8 cm³/mol. The predicted octanol–water partition coefficient (Wildman–Crippen LogP) is 2.33. The Balaban J connectivity index is 1.53. The first-order valence-electron chi connectivity index (χ1n) is 6.70. The second kappa shape index (κ2) is 5.40. The van der Waals surface area contributed by atoms with Crippen molar-refractivity contribution in [2.24, 2.45) is 5.92 Å². The largest absolute Gasteiger partial charge is 0.465 e. The first-order chi connectivity index (χ1) is 8.92. The van der Waals surface area contributed by atoms with Crippen LogP contribution in [-0.2, 0) is 0 Å². The molecule has 0 aliphatic carbocycles. The molecule has 1 aromatic carbocycles. The van der Waals surface area contributed by atoms with E-state index >= 15 is 0 Å². The Morgan fingerprint density at radius 3 is 3.11 bits per heavy atom. The molecule has 4 heteroatoms. The molecular weight excluding hydrogens is 226 g/mol. The Kier molecular flexibility index (Phi) is 3.46. The fourth-order valence-corrected chi connectivity index (χ4v) is 2.49. The number of ether oxygens (including phenoxy) is 1. The second-order valence-corrected chi connectivity index (χ2v) is 4.91. The molecule has 1 aromatic heterocycles. The van der Waals surface area contributed by atoms with E-state index < -0.39 is 0 Å². The number of hydrogen-bond donors (Lipinski definition) is 2. The van der Waals surface area contributed by atoms with Gasteiger partial charge in [-0.3, -0.25) is 0 Å². The van der Waals surface area contributed by atoms with Crippen LogP contribution in [0.15, 0.2) is 24.3 Å². The van der Waals surface area contributed by atoms with Gasteiger partial charge in [0.15, 0.2) is 0 Å². The lowest BCUT2D eigenvalue weighted by Crippen LogP contribution is -2.30. The van der Waals surface area contributed by atoms with Gasteiger partial charge in [0.2, 0.25) is 0 Å². The molecule has 0 amide bonds. The van der Waals surface area contributed by atoms with Gasteiger partial charge in [-0.25, -0.2) is 0 Å². The van der Waals surface area contributed by atoms with E-state index in [4.69, 9.17) is 4.74 Å². The quantitative estimate of drug-likeness (QED) is 0.869. The van der Waals surface area contributed by atoms with Gasteiger partial charge in [-0.05, 0) is 50.4 Å². The summed E-state index contributed by atoms with van der Waals surface area (Å²) < 4.78 is 5.70. The van der Waals surface area contributed by atoms with Gasteiger partial charge in [0, 0.05) is 0 Å². The number of para-hydroxylation sites is 2. The average Bonchev–Trinajstić information content (AvgIpc) is 2.82. The highest BCUT2D eigenvalue weighted by Crippen LogP contribution is 2.17. The van der Waals surface area contributed by atoms with Gasteiger partial charge < -0.3 is 15.0 Å². The Bertz CT molecular complexity index is 469. The molecule has 2 aromatic rings. The van der Waals surface area contributed by atoms with Crippen molar-refractivity contribution in [2.45, 2.75) is 19.3 Å². The van der Waals surface area contributed by atoms with E-state index in [9.17, 15) is 0 Å². The summed E-state index contributed by atoms with van der Waals surface area (Å²) in [7, 11) is 0. The highest BCUT2D eigenvalue weighted by atomic mass is 16.5. The number of aromatic amines is 1. The second-order valence-electron chi connectivity index (χ2n) is 4.91. The number of benzene rings is 1. The van der Waals surface area contributed by atoms with E-state index in [1.165, 1.54) is 19.4 Å². The zero-order valence-electron chi connectivity index (χ0n) is 10.5. The lowest BCUT2D eigenvalue weighted by Gasteiger charge is -2.22. The van der Waals surface area contributed by atoms with E-state index in [1.54, 1.807) is 0 Å². The third-order valence-electron chi connectivity index (χ3n) is 3.53. The number of hydrogen-bond acceptors (Lipinski definition) is 3. The monoisotopic (exact) mass is 245 g/mol. The summed E-state index contributed by atoms with van der Waals surface area (Å²) in [4.78, 5) is 7.59. The van der Waals surface area contributed by atoms with E-state index in [0.717, 1.165) is 36.5 Å². The van der Waals surface area contributed by atoms with Crippen molar-refractivity contribution in [3.63, 3.8) is 0 Å². The number of rotatable bonds is 4. The molecule has 0 saturated carbocycles. The Morgan fingerprint density at radius 1 is 1.33 bits per heavy atom. The Morgan fingerprint density at radius 2 is 2.28 bits per heavy atom. The minimum absolute atomic E-state index is 0.639. The minimum Gasteiger partial charge on any atom is -0.465 e. The van der Waals surface area contributed by atoms with Crippen LogP contribution in [0.25, 0.3) is 11.0 Å². The van der Waals surface area contributed by atoms with Crippen LogP contribution in [0.5, 0.6) is 6.01 Å². The molecule has 1 aliphatic rings. The molecule has 4 nitrogen and oxygen atoms in total. The van der Waals surface area contributed by atoms with E-state index in [2.05, 4.69) is 15.3 Å². The summed E-state index contributed by atoms with van der Waals surface area (Å²) in [6.45, 7) is 3.04. The molecular formula is C14H19N3O. The van der Waals surface area contributed by atoms with Crippen molar-refractivity contribution in [1.82, 2.24) is 15.3 Å². The molecule has 1 aliphatic heterocycles. The summed E-state index contributed by atoms with van der Waals surface area (Å²) >= 11 is 0. The topological polar surface area (TPSA) is 49.9 Å². The number of nitrogens with zero attached hydrogens (tertiary/aromatic N) is 1. The molecule has 96 valence electrons. The van der Waals surface area contributed by atoms with Gasteiger partial charge in [-0.1, -0.05) is 12.1 Å². The highest BCUT2D eigenvalue weighted by molar-refractivity contribution is 5.75. The van der Waals surface area contributed by atoms with Gasteiger partial charge >= 0.3 is 0 Å². The van der Waals surface area contributed by atoms with Gasteiger partial charge in [-0.15, -0.1) is 0 Å². The van der Waals surface area contributed by atoms with E-state index in [0.29, 0.717) is 6.01 Å². The van der Waals surface area contributed by atoms with Gasteiger partial charge in [0.05, 0.1) is 17.6 Å². The molecule has 1 fully saturated rings. The average molecular weight is 245 g/mol. The van der Waals surface area contributed by atoms with Crippen molar-refractivity contribution in [2.75, 3.05) is 19.7 Å². The van der Waals surface area contributed by atoms with Gasteiger partial charge in [0.1, 0.15) is 0 Å². The zero-order chi connectivity index (χ0) is 12.2. The fraction of sp³-hybridized carbons (Fsp3) is 0.500. The summed E-state index contributed by atoms with van der Waals surface area (Å²) in [5.74, 6) is 0.753. The molecule has 0 spiro atoms. The number of aromatic nitrogens is 2. The van der Waals surface area contributed by atoms with E-state index in [-0.39, 0.29) is 0 Å². The molecule has 0 radical (unpaired) electrons. The highest BCUT2D eigenvalue weighted by Gasteiger charge is 2.13. The van der Waals surface area contributed by atoms with Crippen LogP contribution in [-0.4, -0.2) is 29.7 Å². The molecule has 0 bridgehead atoms. The van der Waals surface area contributed by atoms with Gasteiger partial charge in [-0.2, -0.15) is 4.98 Å². The lowest BCUT2D eigenvalue weighted by atomic mass is 9.97. The number of piperidine rings is 1. The van der Waals surface area contributed by atoms with Gasteiger partial charge in [0.25, 0.3) is 6.01 Å². The SMILES string of the molecule is c1ccc2[nH]c(OCCC3CCCNC3)nc2c1. The molecule has 1 atom stereocenters. The maximum absolute atomic E-state index is 5.70. The lowest BCUT2D eigenvalue weighted by molar-refractivity contribution is 0.242. The third-order valence-corrected chi connectivity index (χ3v) is 3.53. The number of imidazole rings is 1. The van der Waals surface area contributed by atoms with Crippen LogP contribution in [0.4, 0.5) is 0 Å². The van der Waals surface area contributed by atoms with Crippen LogP contribution < -0.4 is 10.1 Å². The van der Waals surface area contributed by atoms with Crippen molar-refractivity contribution in [1.29, 1.82) is 0 Å². The van der Waals surface area contributed by atoms with Crippen LogP contribution in [0.1, 0.15) is 19.3 Å². The number of H-pyrrole nitrogens is 1.